The van der Waals surface area contributed by atoms with Gasteiger partial charge in [-0.15, -0.1) is 5.26 Å². The van der Waals surface area contributed by atoms with Crippen molar-refractivity contribution in [1.82, 2.24) is 0 Å². The summed E-state index contributed by atoms with van der Waals surface area (Å²) in [4.78, 5) is 41.3. The van der Waals surface area contributed by atoms with E-state index in [1.54, 1.807) is 32.2 Å². The number of ether oxygens (including phenoxy) is 3. The van der Waals surface area contributed by atoms with E-state index in [1.807, 2.05) is 88.4 Å². The van der Waals surface area contributed by atoms with Crippen molar-refractivity contribution in [3.05, 3.63) is 125 Å². The molecule has 0 aromatic heterocycles. The molecular formula is C57H79N5O6. The van der Waals surface area contributed by atoms with Crippen molar-refractivity contribution in [3.8, 4) is 12.0 Å². The van der Waals surface area contributed by atoms with Gasteiger partial charge in [-0.1, -0.05) is 113 Å². The molecule has 368 valence electrons. The van der Waals surface area contributed by atoms with Gasteiger partial charge in [0, 0.05) is 38.3 Å². The molecule has 0 aliphatic carbocycles. The van der Waals surface area contributed by atoms with E-state index in [1.165, 1.54) is 30.6 Å². The summed E-state index contributed by atoms with van der Waals surface area (Å²) in [7, 11) is 0. The minimum atomic E-state index is -0.360. The van der Waals surface area contributed by atoms with Gasteiger partial charge in [-0.2, -0.15) is 0 Å². The summed E-state index contributed by atoms with van der Waals surface area (Å²) in [5, 5.41) is 11.3. The number of amides is 1. The molecule has 0 aliphatic heterocycles. The van der Waals surface area contributed by atoms with Gasteiger partial charge in [-0.3, -0.25) is 4.79 Å². The first-order valence-electron chi connectivity index (χ1n) is 24.5. The number of hydrogen-bond donors (Lipinski definition) is 2. The highest BCUT2D eigenvalue weighted by atomic mass is 16.5. The summed E-state index contributed by atoms with van der Waals surface area (Å²) >= 11 is 0. The number of hydrogen-bond acceptors (Lipinski definition) is 10. The van der Waals surface area contributed by atoms with Crippen LogP contribution in [0.25, 0.3) is 11.1 Å². The molecule has 0 heterocycles. The van der Waals surface area contributed by atoms with Gasteiger partial charge in [0.05, 0.1) is 42.4 Å². The van der Waals surface area contributed by atoms with E-state index in [4.69, 9.17) is 20.5 Å². The van der Waals surface area contributed by atoms with Gasteiger partial charge in [0.15, 0.2) is 0 Å². The summed E-state index contributed by atoms with van der Waals surface area (Å²) in [5.41, 5.74) is 16.8. The van der Waals surface area contributed by atoms with Crippen LogP contribution in [0.5, 0.6) is 5.75 Å². The van der Waals surface area contributed by atoms with Crippen LogP contribution < -0.4 is 25.6 Å². The number of nitrogen functional groups attached to an aromatic ring is 1. The van der Waals surface area contributed by atoms with E-state index in [2.05, 4.69) is 59.7 Å². The average Bonchev–Trinajstić information content (AvgIpc) is 3.31. The van der Waals surface area contributed by atoms with Crippen molar-refractivity contribution in [1.29, 1.82) is 5.26 Å². The zero-order valence-corrected chi connectivity index (χ0v) is 42.7. The molecule has 1 amide bonds. The molecule has 0 radical (unpaired) electrons. The summed E-state index contributed by atoms with van der Waals surface area (Å²) in [5.74, 6) is -0.139. The predicted octanol–water partition coefficient (Wildman–Crippen LogP) is 13.0. The maximum Gasteiger partial charge on any atom is 0.331 e. The summed E-state index contributed by atoms with van der Waals surface area (Å²) in [6.45, 7) is 24.8. The lowest BCUT2D eigenvalue weighted by atomic mass is 10.0. The molecule has 0 saturated carbocycles. The molecular weight excluding hydrogens is 851 g/mol. The fourth-order valence-corrected chi connectivity index (χ4v) is 6.98. The molecule has 0 unspecified atom stereocenters. The van der Waals surface area contributed by atoms with Crippen LogP contribution in [0.3, 0.4) is 0 Å². The normalized spacial score (nSPS) is 10.9. The smallest absolute Gasteiger partial charge is 0.331 e. The summed E-state index contributed by atoms with van der Waals surface area (Å²) in [6, 6.07) is 27.4. The molecule has 11 heteroatoms. The highest BCUT2D eigenvalue weighted by molar-refractivity contribution is 5.97. The molecule has 0 fully saturated rings. The highest BCUT2D eigenvalue weighted by Gasteiger charge is 2.16. The maximum absolute atomic E-state index is 13.0. The molecule has 0 aliphatic rings. The zero-order chi connectivity index (χ0) is 50.3. The Balaban J connectivity index is 0.000000402. The number of nitrogens with two attached hydrogens (primary N) is 1. The summed E-state index contributed by atoms with van der Waals surface area (Å²) in [6.07, 6.45) is 14.0. The molecule has 0 saturated heterocycles. The largest absolute Gasteiger partial charge is 0.463 e. The first-order chi connectivity index (χ1) is 32.7. The van der Waals surface area contributed by atoms with Gasteiger partial charge < -0.3 is 35.1 Å². The number of nitriles is 1. The fourth-order valence-electron chi connectivity index (χ4n) is 6.98. The van der Waals surface area contributed by atoms with Crippen LogP contribution in [0.15, 0.2) is 97.1 Å². The van der Waals surface area contributed by atoms with Crippen molar-refractivity contribution < 1.29 is 28.6 Å². The summed E-state index contributed by atoms with van der Waals surface area (Å²) < 4.78 is 14.6. The number of benzene rings is 4. The van der Waals surface area contributed by atoms with E-state index in [-0.39, 0.29) is 17.8 Å². The Hall–Kier alpha value is -6.54. The van der Waals surface area contributed by atoms with E-state index in [0.717, 1.165) is 121 Å². The number of esters is 2. The topological polar surface area (TPSA) is 147 Å². The van der Waals surface area contributed by atoms with Gasteiger partial charge in [0.25, 0.3) is 6.26 Å². The monoisotopic (exact) mass is 930 g/mol. The molecule has 4 aromatic carbocycles. The molecule has 0 bridgehead atoms. The van der Waals surface area contributed by atoms with E-state index < -0.39 is 0 Å². The number of anilines is 4. The fraction of sp³-hybridized carbons (Fsp3) is 0.439. The minimum absolute atomic E-state index is 0.0554. The second-order valence-electron chi connectivity index (χ2n) is 16.8. The number of rotatable bonds is 24. The molecule has 4 rings (SSSR count). The van der Waals surface area contributed by atoms with Crippen molar-refractivity contribution >= 4 is 51.7 Å². The van der Waals surface area contributed by atoms with Gasteiger partial charge in [-0.05, 0) is 131 Å². The first kappa shape index (κ1) is 57.6. The van der Waals surface area contributed by atoms with Gasteiger partial charge in [0.1, 0.15) is 5.75 Å². The second-order valence-corrected chi connectivity index (χ2v) is 16.8. The van der Waals surface area contributed by atoms with Gasteiger partial charge in [0.2, 0.25) is 5.91 Å². The Kier molecular flexibility index (Phi) is 28.0. The lowest BCUT2D eigenvalue weighted by molar-refractivity contribution is -0.138. The lowest BCUT2D eigenvalue weighted by Gasteiger charge is -2.28. The molecule has 68 heavy (non-hydrogen) atoms. The predicted molar refractivity (Wildman–Crippen MR) is 283 cm³/mol. The van der Waals surface area contributed by atoms with Crippen LogP contribution in [0.2, 0.25) is 0 Å². The number of carbonyl (C=O) groups excluding carboxylic acids is 3. The number of carbonyl (C=O) groups is 3. The molecule has 3 N–H and O–H groups in total. The second kappa shape index (κ2) is 33.0. The van der Waals surface area contributed by atoms with Crippen LogP contribution in [-0.2, 0) is 30.3 Å². The average molecular weight is 930 g/mol. The number of unbranched alkanes of at least 4 members (excludes halogenated alkanes) is 4. The first-order valence-corrected chi connectivity index (χ1v) is 24.5. The Morgan fingerprint density at radius 3 is 1.47 bits per heavy atom. The van der Waals surface area contributed by atoms with Crippen molar-refractivity contribution in [2.75, 3.05) is 60.2 Å². The Morgan fingerprint density at radius 2 is 1.04 bits per heavy atom. The SMILES string of the molecule is CCCCN(CCCC)c1ccc(/C(C)=C/C(=O)OCC)cc1N.CCCCN(CCCC)c1ccc(/C(C)=C/C(=O)OCC)cc1NC(=O)Cc1ccc(C)cc1.Cc1ccc(OC#N)cc1. The maximum atomic E-state index is 13.0. The van der Waals surface area contributed by atoms with Crippen LogP contribution >= 0.6 is 0 Å². The van der Waals surface area contributed by atoms with Crippen LogP contribution in [-0.4, -0.2) is 57.2 Å². The van der Waals surface area contributed by atoms with Gasteiger partial charge >= 0.3 is 11.9 Å². The van der Waals surface area contributed by atoms with Crippen LogP contribution in [0.1, 0.15) is 135 Å². The minimum Gasteiger partial charge on any atom is -0.463 e. The quantitative estimate of drug-likeness (QED) is 0.0301. The number of nitrogens with zero attached hydrogens (tertiary/aromatic N) is 3. The lowest BCUT2D eigenvalue weighted by Crippen LogP contribution is -2.27. The third-order valence-corrected chi connectivity index (χ3v) is 10.9. The molecule has 4 aromatic rings. The Labute approximate surface area is 408 Å². The van der Waals surface area contributed by atoms with Crippen LogP contribution in [0.4, 0.5) is 22.7 Å². The number of nitrogens with one attached hydrogen (secondary N) is 1. The van der Waals surface area contributed by atoms with E-state index in [0.29, 0.717) is 25.4 Å². The molecule has 11 nitrogen and oxygen atoms in total. The van der Waals surface area contributed by atoms with Crippen molar-refractivity contribution in [3.63, 3.8) is 0 Å². The van der Waals surface area contributed by atoms with Crippen LogP contribution in [0, 0.1) is 25.4 Å². The zero-order valence-electron chi connectivity index (χ0n) is 42.7. The van der Waals surface area contributed by atoms with Crippen molar-refractivity contribution in [2.45, 2.75) is 127 Å². The Morgan fingerprint density at radius 1 is 0.618 bits per heavy atom. The third kappa shape index (κ3) is 21.8. The highest BCUT2D eigenvalue weighted by Crippen LogP contribution is 2.32. The van der Waals surface area contributed by atoms with Gasteiger partial charge in [-0.25, -0.2) is 9.59 Å². The standard InChI is InChI=1S/C29H40N2O3.C20H32N2O2.C8H7NO/c1-6-9-17-31(18-10-7-2)27-16-15-25(23(5)19-29(33)34-8-3)21-26(27)30-28(32)20-24-13-11-22(4)12-14-24;1-5-8-12-22(13-9-6-2)19-11-10-17(15-18(19)21)16(4)14-20(23)24-7-3;1-7-2-4-8(5-3-7)10-6-9/h11-16,19,21H,6-10,17-18,20H2,1-5H3,(H,30,32);10-11,14-15H,5-9,12-13,21H2,1-4H3;2-5H,1H3/b23-19+;16-14+;. The third-order valence-electron chi connectivity index (χ3n) is 10.9. The number of aryl methyl sites for hydroxylation is 2. The van der Waals surface area contributed by atoms with E-state index in [9.17, 15) is 14.4 Å². The number of allylic oxidation sites excluding steroid dienone is 2. The van der Waals surface area contributed by atoms with E-state index >= 15 is 0 Å². The molecule has 0 spiro atoms. The van der Waals surface area contributed by atoms with Crippen molar-refractivity contribution in [2.24, 2.45) is 0 Å². The Bertz CT molecular complexity index is 2210. The molecule has 0 atom stereocenters.